The number of aryl methyl sites for hydroxylation is 1. The molecule has 1 saturated heterocycles. The molecule has 2 aliphatic heterocycles. The zero-order valence-electron chi connectivity index (χ0n) is 18.8. The first-order valence-corrected chi connectivity index (χ1v) is 11.3. The summed E-state index contributed by atoms with van der Waals surface area (Å²) in [7, 11) is 2.12. The van der Waals surface area contributed by atoms with Crippen LogP contribution in [0.5, 0.6) is 0 Å². The average molecular weight is 468 g/mol. The highest BCUT2D eigenvalue weighted by molar-refractivity contribution is 7.80. The Morgan fingerprint density at radius 2 is 1.84 bits per heavy atom. The molecule has 0 bridgehead atoms. The summed E-state index contributed by atoms with van der Waals surface area (Å²) in [5.74, 6) is -0.582. The molecule has 1 unspecified atom stereocenters. The summed E-state index contributed by atoms with van der Waals surface area (Å²) in [6, 6.07) is 11.0. The molecule has 0 spiro atoms. The van der Waals surface area contributed by atoms with Gasteiger partial charge in [0, 0.05) is 23.3 Å². The second kappa shape index (κ2) is 8.01. The second-order valence-electron chi connectivity index (χ2n) is 9.18. The van der Waals surface area contributed by atoms with Crippen molar-refractivity contribution in [3.63, 3.8) is 0 Å². The molecule has 1 atom stereocenters. The van der Waals surface area contributed by atoms with Crippen molar-refractivity contribution in [2.24, 2.45) is 0 Å². The van der Waals surface area contributed by atoms with E-state index < -0.39 is 11.8 Å². The molecule has 32 heavy (non-hydrogen) atoms. The predicted molar refractivity (Wildman–Crippen MR) is 134 cm³/mol. The van der Waals surface area contributed by atoms with Crippen molar-refractivity contribution in [1.82, 2.24) is 5.32 Å². The number of nitrogens with one attached hydrogen (secondary N) is 1. The molecule has 2 heterocycles. The molecule has 0 radical (unpaired) electrons. The lowest BCUT2D eigenvalue weighted by Gasteiger charge is -2.45. The number of carbonyl (C=O) groups is 2. The SMILES string of the molecule is Cc1cc2c(cc1/C=C1\C(=O)NC(=S)N(c3ccc(Cl)cc3)C1=O)C(C)CC(C)(C)N2C. The minimum Gasteiger partial charge on any atom is -0.369 e. The summed E-state index contributed by atoms with van der Waals surface area (Å²) < 4.78 is 0. The number of benzene rings is 2. The van der Waals surface area contributed by atoms with E-state index >= 15 is 0 Å². The van der Waals surface area contributed by atoms with Gasteiger partial charge in [0.2, 0.25) is 0 Å². The van der Waals surface area contributed by atoms with Crippen molar-refractivity contribution in [2.45, 2.75) is 45.6 Å². The first-order valence-electron chi connectivity index (χ1n) is 10.5. The van der Waals surface area contributed by atoms with Crippen LogP contribution in [0, 0.1) is 6.92 Å². The number of fused-ring (bicyclic) bond motifs is 1. The number of halogens is 1. The summed E-state index contributed by atoms with van der Waals surface area (Å²) in [5.41, 5.74) is 4.93. The molecule has 0 aromatic heterocycles. The predicted octanol–water partition coefficient (Wildman–Crippen LogP) is 5.20. The number of anilines is 2. The number of thiocarbonyl (C=S) groups is 1. The third-order valence-electron chi connectivity index (χ3n) is 6.51. The van der Waals surface area contributed by atoms with Gasteiger partial charge < -0.3 is 4.90 Å². The van der Waals surface area contributed by atoms with Crippen LogP contribution < -0.4 is 15.1 Å². The van der Waals surface area contributed by atoms with Crippen molar-refractivity contribution in [1.29, 1.82) is 0 Å². The largest absolute Gasteiger partial charge is 0.369 e. The highest BCUT2D eigenvalue weighted by atomic mass is 35.5. The van der Waals surface area contributed by atoms with Crippen molar-refractivity contribution >= 4 is 58.2 Å². The number of carbonyl (C=O) groups excluding carboxylic acids is 2. The van der Waals surface area contributed by atoms with Gasteiger partial charge in [-0.1, -0.05) is 18.5 Å². The lowest BCUT2D eigenvalue weighted by molar-refractivity contribution is -0.122. The van der Waals surface area contributed by atoms with Crippen molar-refractivity contribution in [2.75, 3.05) is 16.8 Å². The summed E-state index contributed by atoms with van der Waals surface area (Å²) in [4.78, 5) is 29.6. The number of hydrogen-bond acceptors (Lipinski definition) is 4. The highest BCUT2D eigenvalue weighted by Crippen LogP contribution is 2.43. The molecule has 7 heteroatoms. The van der Waals surface area contributed by atoms with E-state index in [2.05, 4.69) is 50.2 Å². The van der Waals surface area contributed by atoms with E-state index in [-0.39, 0.29) is 16.2 Å². The van der Waals surface area contributed by atoms with Crippen LogP contribution in [0.3, 0.4) is 0 Å². The van der Waals surface area contributed by atoms with E-state index in [0.29, 0.717) is 16.6 Å². The average Bonchev–Trinajstić information content (AvgIpc) is 2.71. The zero-order chi connectivity index (χ0) is 23.4. The van der Waals surface area contributed by atoms with Crippen LogP contribution >= 0.6 is 23.8 Å². The van der Waals surface area contributed by atoms with Crippen LogP contribution in [-0.4, -0.2) is 29.5 Å². The number of amides is 2. The van der Waals surface area contributed by atoms with Crippen molar-refractivity contribution in [3.05, 3.63) is 63.7 Å². The van der Waals surface area contributed by atoms with Crippen molar-refractivity contribution < 1.29 is 9.59 Å². The standard InChI is InChI=1S/C25H26ClN3O2S/c1-14-10-21-19(15(2)13-25(3,4)28(21)5)11-16(14)12-20-22(30)27-24(32)29(23(20)31)18-8-6-17(26)7-9-18/h6-12,15H,13H2,1-5H3,(H,27,30,32)/b20-12+. The molecular formula is C25H26ClN3O2S. The third-order valence-corrected chi connectivity index (χ3v) is 7.04. The quantitative estimate of drug-likeness (QED) is 0.374. The number of nitrogens with zero attached hydrogens (tertiary/aromatic N) is 2. The van der Waals surface area contributed by atoms with Gasteiger partial charge in [-0.3, -0.25) is 19.8 Å². The first kappa shape index (κ1) is 22.5. The van der Waals surface area contributed by atoms with Gasteiger partial charge >= 0.3 is 0 Å². The minimum atomic E-state index is -0.492. The molecule has 5 nitrogen and oxygen atoms in total. The van der Waals surface area contributed by atoms with E-state index in [0.717, 1.165) is 17.5 Å². The fourth-order valence-electron chi connectivity index (χ4n) is 4.53. The van der Waals surface area contributed by atoms with Crippen LogP contribution in [0.15, 0.2) is 42.0 Å². The van der Waals surface area contributed by atoms with Gasteiger partial charge in [0.15, 0.2) is 5.11 Å². The molecule has 4 rings (SSSR count). The van der Waals surface area contributed by atoms with Crippen LogP contribution in [0.25, 0.3) is 6.08 Å². The van der Waals surface area contributed by atoms with Gasteiger partial charge in [0.25, 0.3) is 11.8 Å². The van der Waals surface area contributed by atoms with Gasteiger partial charge in [0.1, 0.15) is 5.57 Å². The minimum absolute atomic E-state index is 0.0498. The Morgan fingerprint density at radius 1 is 1.19 bits per heavy atom. The summed E-state index contributed by atoms with van der Waals surface area (Å²) in [6.07, 6.45) is 2.69. The van der Waals surface area contributed by atoms with E-state index in [9.17, 15) is 9.59 Å². The fraction of sp³-hybridized carbons (Fsp3) is 0.320. The van der Waals surface area contributed by atoms with Gasteiger partial charge in [0.05, 0.1) is 5.69 Å². The normalized spacial score (nSPS) is 21.6. The Morgan fingerprint density at radius 3 is 2.50 bits per heavy atom. The summed E-state index contributed by atoms with van der Waals surface area (Å²) >= 11 is 11.3. The molecule has 1 fully saturated rings. The van der Waals surface area contributed by atoms with Gasteiger partial charge in [-0.05, 0) is 104 Å². The summed E-state index contributed by atoms with van der Waals surface area (Å²) in [5, 5.41) is 3.25. The van der Waals surface area contributed by atoms with E-state index in [1.165, 1.54) is 16.2 Å². The van der Waals surface area contributed by atoms with Crippen LogP contribution in [0.1, 0.15) is 49.8 Å². The van der Waals surface area contributed by atoms with Crippen LogP contribution in [0.2, 0.25) is 5.02 Å². The molecule has 0 aliphatic carbocycles. The molecule has 2 aliphatic rings. The van der Waals surface area contributed by atoms with Gasteiger partial charge in [-0.25, -0.2) is 0 Å². The first-order chi connectivity index (χ1) is 15.0. The fourth-order valence-corrected chi connectivity index (χ4v) is 4.93. The van der Waals surface area contributed by atoms with Crippen LogP contribution in [-0.2, 0) is 9.59 Å². The molecular weight excluding hydrogens is 442 g/mol. The molecule has 0 saturated carbocycles. The Labute approximate surface area is 199 Å². The highest BCUT2D eigenvalue weighted by Gasteiger charge is 2.36. The molecule has 166 valence electrons. The maximum atomic E-state index is 13.3. The Bertz CT molecular complexity index is 1170. The topological polar surface area (TPSA) is 52.7 Å². The summed E-state index contributed by atoms with van der Waals surface area (Å²) in [6.45, 7) is 8.71. The monoisotopic (exact) mass is 467 g/mol. The second-order valence-corrected chi connectivity index (χ2v) is 10.0. The van der Waals surface area contributed by atoms with Gasteiger partial charge in [-0.15, -0.1) is 0 Å². The van der Waals surface area contributed by atoms with E-state index in [1.807, 2.05) is 6.92 Å². The molecule has 2 aromatic carbocycles. The van der Waals surface area contributed by atoms with Crippen LogP contribution in [0.4, 0.5) is 11.4 Å². The Kier molecular flexibility index (Phi) is 5.63. The molecule has 2 aromatic rings. The van der Waals surface area contributed by atoms with E-state index in [1.54, 1.807) is 30.3 Å². The Balaban J connectivity index is 1.77. The third kappa shape index (κ3) is 3.82. The van der Waals surface area contributed by atoms with Gasteiger partial charge in [-0.2, -0.15) is 0 Å². The lowest BCUT2D eigenvalue weighted by Crippen LogP contribution is -2.54. The smallest absolute Gasteiger partial charge is 0.270 e. The van der Waals surface area contributed by atoms with E-state index in [4.69, 9.17) is 23.8 Å². The number of rotatable bonds is 2. The van der Waals surface area contributed by atoms with Crippen molar-refractivity contribution in [3.8, 4) is 0 Å². The lowest BCUT2D eigenvalue weighted by atomic mass is 9.79. The molecule has 1 N–H and O–H groups in total. The number of hydrogen-bond donors (Lipinski definition) is 1. The maximum absolute atomic E-state index is 13.3. The zero-order valence-corrected chi connectivity index (χ0v) is 20.4. The molecule has 2 amide bonds. The Hall–Kier alpha value is -2.70. The maximum Gasteiger partial charge on any atom is 0.270 e.